The lowest BCUT2D eigenvalue weighted by atomic mass is 9.63. The number of rotatable bonds is 2. The summed E-state index contributed by atoms with van der Waals surface area (Å²) in [6, 6.07) is 0. The number of hydrogen-bond acceptors (Lipinski definition) is 2. The maximum absolute atomic E-state index is 12.2. The number of likely N-dealkylation sites (tertiary alicyclic amines) is 1. The second-order valence-electron chi connectivity index (χ2n) is 4.92. The van der Waals surface area contributed by atoms with Gasteiger partial charge in [-0.3, -0.25) is 14.5 Å². The fourth-order valence-corrected chi connectivity index (χ4v) is 3.44. The van der Waals surface area contributed by atoms with Crippen LogP contribution in [0.25, 0.3) is 0 Å². The third kappa shape index (κ3) is 1.09. The van der Waals surface area contributed by atoms with Crippen molar-refractivity contribution < 1.29 is 9.59 Å². The lowest BCUT2D eigenvalue weighted by Crippen LogP contribution is -2.38. The Morgan fingerprint density at radius 2 is 1.69 bits per heavy atom. The first-order valence-electron chi connectivity index (χ1n) is 5.88. The van der Waals surface area contributed by atoms with Gasteiger partial charge in [0, 0.05) is 6.54 Å². The van der Waals surface area contributed by atoms with Crippen LogP contribution in [0.5, 0.6) is 0 Å². The monoisotopic (exact) mass is 217 g/mol. The number of nitrogens with zero attached hydrogens (tertiary/aromatic N) is 1. The summed E-state index contributed by atoms with van der Waals surface area (Å²) in [5.74, 6) is 0.484. The standard InChI is InChI=1S/C13H15NO2/c1-2-7-14-12(15)10-8-3-4-9(6-5-8)11(10)13(14)16/h2-4,8-11H,1,5-7H2. The number of fused-ring (bicyclic) bond motifs is 1. The highest BCUT2D eigenvalue weighted by molar-refractivity contribution is 6.06. The minimum Gasteiger partial charge on any atom is -0.278 e. The van der Waals surface area contributed by atoms with E-state index in [1.807, 2.05) is 0 Å². The molecule has 2 bridgehead atoms. The third-order valence-corrected chi connectivity index (χ3v) is 4.16. The number of allylic oxidation sites excluding steroid dienone is 2. The zero-order valence-corrected chi connectivity index (χ0v) is 9.13. The largest absolute Gasteiger partial charge is 0.278 e. The zero-order chi connectivity index (χ0) is 11.3. The van der Waals surface area contributed by atoms with Gasteiger partial charge in [0.25, 0.3) is 0 Å². The maximum Gasteiger partial charge on any atom is 0.234 e. The molecule has 2 amide bonds. The Morgan fingerprint density at radius 1 is 1.19 bits per heavy atom. The molecule has 1 heterocycles. The highest BCUT2D eigenvalue weighted by Gasteiger charge is 2.55. The van der Waals surface area contributed by atoms with E-state index in [0.717, 1.165) is 12.8 Å². The van der Waals surface area contributed by atoms with Gasteiger partial charge in [-0.25, -0.2) is 0 Å². The maximum atomic E-state index is 12.2. The van der Waals surface area contributed by atoms with E-state index in [2.05, 4.69) is 18.7 Å². The van der Waals surface area contributed by atoms with Crippen molar-refractivity contribution in [3.8, 4) is 0 Å². The molecule has 0 aromatic rings. The van der Waals surface area contributed by atoms with E-state index in [9.17, 15) is 9.59 Å². The minimum atomic E-state index is -0.0730. The molecule has 3 aliphatic carbocycles. The summed E-state index contributed by atoms with van der Waals surface area (Å²) in [5.41, 5.74) is 0. The number of amides is 2. The van der Waals surface area contributed by atoms with E-state index in [1.165, 1.54) is 4.90 Å². The van der Waals surface area contributed by atoms with Crippen LogP contribution >= 0.6 is 0 Å². The van der Waals surface area contributed by atoms with Crippen molar-refractivity contribution in [1.29, 1.82) is 0 Å². The van der Waals surface area contributed by atoms with E-state index in [0.29, 0.717) is 18.4 Å². The minimum absolute atomic E-state index is 0.0222. The number of carbonyl (C=O) groups is 2. The van der Waals surface area contributed by atoms with Crippen LogP contribution in [-0.2, 0) is 9.59 Å². The van der Waals surface area contributed by atoms with Gasteiger partial charge in [-0.15, -0.1) is 6.58 Å². The second kappa shape index (κ2) is 3.30. The number of hydrogen-bond donors (Lipinski definition) is 0. The number of carbonyl (C=O) groups excluding carboxylic acids is 2. The van der Waals surface area contributed by atoms with Gasteiger partial charge in [0.2, 0.25) is 11.8 Å². The van der Waals surface area contributed by atoms with Crippen LogP contribution in [0.2, 0.25) is 0 Å². The fraction of sp³-hybridized carbons (Fsp3) is 0.538. The third-order valence-electron chi connectivity index (χ3n) is 4.16. The van der Waals surface area contributed by atoms with Gasteiger partial charge < -0.3 is 0 Å². The quantitative estimate of drug-likeness (QED) is 0.517. The van der Waals surface area contributed by atoms with Gasteiger partial charge in [-0.1, -0.05) is 18.2 Å². The molecule has 3 nitrogen and oxygen atoms in total. The van der Waals surface area contributed by atoms with Crippen molar-refractivity contribution in [3.63, 3.8) is 0 Å². The predicted molar refractivity (Wildman–Crippen MR) is 59.3 cm³/mol. The first-order valence-corrected chi connectivity index (χ1v) is 5.88. The highest BCUT2D eigenvalue weighted by Crippen LogP contribution is 2.49. The van der Waals surface area contributed by atoms with Crippen LogP contribution in [0.3, 0.4) is 0 Å². The Hall–Kier alpha value is -1.38. The van der Waals surface area contributed by atoms with Gasteiger partial charge in [-0.05, 0) is 24.7 Å². The summed E-state index contributed by atoms with van der Waals surface area (Å²) in [6.45, 7) is 3.97. The van der Waals surface area contributed by atoms with E-state index in [4.69, 9.17) is 0 Å². The molecule has 84 valence electrons. The SMILES string of the molecule is C=CCN1C(=O)C2C3C=CC(CC3)C2C1=O. The molecule has 2 fully saturated rings. The highest BCUT2D eigenvalue weighted by atomic mass is 16.2. The summed E-state index contributed by atoms with van der Waals surface area (Å²) >= 11 is 0. The molecule has 0 aromatic heterocycles. The van der Waals surface area contributed by atoms with Gasteiger partial charge in [0.1, 0.15) is 0 Å². The van der Waals surface area contributed by atoms with Crippen molar-refractivity contribution in [2.45, 2.75) is 12.8 Å². The van der Waals surface area contributed by atoms with Crippen molar-refractivity contribution in [1.82, 2.24) is 4.90 Å². The zero-order valence-electron chi connectivity index (χ0n) is 9.13. The average molecular weight is 217 g/mol. The van der Waals surface area contributed by atoms with Gasteiger partial charge in [0.15, 0.2) is 0 Å². The Balaban J connectivity index is 1.98. The van der Waals surface area contributed by atoms with Crippen molar-refractivity contribution in [2.75, 3.05) is 6.54 Å². The lowest BCUT2D eigenvalue weighted by molar-refractivity contribution is -0.139. The number of imide groups is 1. The summed E-state index contributed by atoms with van der Waals surface area (Å²) in [6.07, 6.45) is 8.02. The van der Waals surface area contributed by atoms with E-state index >= 15 is 0 Å². The van der Waals surface area contributed by atoms with Gasteiger partial charge in [-0.2, -0.15) is 0 Å². The van der Waals surface area contributed by atoms with Crippen LogP contribution in [0, 0.1) is 23.7 Å². The fourth-order valence-electron chi connectivity index (χ4n) is 3.44. The van der Waals surface area contributed by atoms with Crippen molar-refractivity contribution >= 4 is 11.8 Å². The Kier molecular flexibility index (Phi) is 2.03. The normalized spacial score (nSPS) is 40.4. The smallest absolute Gasteiger partial charge is 0.234 e. The van der Waals surface area contributed by atoms with Crippen LogP contribution in [-0.4, -0.2) is 23.3 Å². The Bertz CT molecular complexity index is 367. The summed E-state index contributed by atoms with van der Waals surface area (Å²) in [4.78, 5) is 25.7. The molecular formula is C13H15NO2. The van der Waals surface area contributed by atoms with Crippen molar-refractivity contribution in [3.05, 3.63) is 24.8 Å². The second-order valence-corrected chi connectivity index (χ2v) is 4.92. The molecular weight excluding hydrogens is 202 g/mol. The molecule has 1 saturated carbocycles. The molecule has 16 heavy (non-hydrogen) atoms. The molecule has 4 aliphatic rings. The first kappa shape index (κ1) is 9.82. The molecule has 0 N–H and O–H groups in total. The summed E-state index contributed by atoms with van der Waals surface area (Å²) in [5, 5.41) is 0. The van der Waals surface area contributed by atoms with E-state index in [-0.39, 0.29) is 23.7 Å². The average Bonchev–Trinajstić information content (AvgIpc) is 2.58. The topological polar surface area (TPSA) is 37.4 Å². The lowest BCUT2D eigenvalue weighted by Gasteiger charge is -2.38. The molecule has 0 radical (unpaired) electrons. The molecule has 1 aliphatic heterocycles. The predicted octanol–water partition coefficient (Wildman–Crippen LogP) is 1.37. The van der Waals surface area contributed by atoms with Crippen LogP contribution in [0.4, 0.5) is 0 Å². The molecule has 3 heteroatoms. The van der Waals surface area contributed by atoms with E-state index < -0.39 is 0 Å². The van der Waals surface area contributed by atoms with Crippen LogP contribution in [0.1, 0.15) is 12.8 Å². The molecule has 4 rings (SSSR count). The Labute approximate surface area is 94.8 Å². The summed E-state index contributed by atoms with van der Waals surface area (Å²) < 4.78 is 0. The van der Waals surface area contributed by atoms with Crippen molar-refractivity contribution in [2.24, 2.45) is 23.7 Å². The molecule has 4 atom stereocenters. The molecule has 1 saturated heterocycles. The molecule has 4 unspecified atom stereocenters. The molecule has 0 spiro atoms. The van der Waals surface area contributed by atoms with Crippen LogP contribution < -0.4 is 0 Å². The van der Waals surface area contributed by atoms with E-state index in [1.54, 1.807) is 6.08 Å². The molecule has 0 aromatic carbocycles. The Morgan fingerprint density at radius 3 is 2.06 bits per heavy atom. The van der Waals surface area contributed by atoms with Crippen LogP contribution in [0.15, 0.2) is 24.8 Å². The first-order chi connectivity index (χ1) is 7.74. The van der Waals surface area contributed by atoms with Gasteiger partial charge in [0.05, 0.1) is 11.8 Å². The van der Waals surface area contributed by atoms with Gasteiger partial charge >= 0.3 is 0 Å². The summed E-state index contributed by atoms with van der Waals surface area (Å²) in [7, 11) is 0.